The number of nitrogens with zero attached hydrogens (tertiary/aromatic N) is 2. The monoisotopic (exact) mass is 243 g/mol. The molecule has 0 aliphatic rings. The van der Waals surface area contributed by atoms with Gasteiger partial charge in [0, 0.05) is 5.69 Å². The van der Waals surface area contributed by atoms with Crippen molar-refractivity contribution in [3.63, 3.8) is 0 Å². The van der Waals surface area contributed by atoms with Gasteiger partial charge in [-0.15, -0.1) is 0 Å². The van der Waals surface area contributed by atoms with Gasteiger partial charge in [0.25, 0.3) is 0 Å². The molecule has 1 heterocycles. The Balaban J connectivity index is 2.77. The molecule has 18 heavy (non-hydrogen) atoms. The fraction of sp³-hybridized carbons (Fsp3) is 0.214. The molecule has 0 spiro atoms. The lowest BCUT2D eigenvalue weighted by atomic mass is 10.2. The molecule has 3 nitrogen and oxygen atoms in total. The molecule has 4 heteroatoms. The van der Waals surface area contributed by atoms with Gasteiger partial charge in [-0.2, -0.15) is 5.26 Å². The van der Waals surface area contributed by atoms with Crippen molar-refractivity contribution >= 4 is 5.82 Å². The average Bonchev–Trinajstić information content (AvgIpc) is 2.52. The van der Waals surface area contributed by atoms with E-state index in [0.717, 1.165) is 16.8 Å². The standard InChI is InChI=1S/C14H14FN3/c1-8-4-5-13(12(15)6-8)18-10(3)9(2)11(7-16)14(18)17/h4-6H,17H2,1-3H3. The maximum Gasteiger partial charge on any atom is 0.147 e. The molecule has 1 aromatic heterocycles. The Morgan fingerprint density at radius 2 is 1.94 bits per heavy atom. The van der Waals surface area contributed by atoms with E-state index in [1.54, 1.807) is 10.6 Å². The van der Waals surface area contributed by atoms with E-state index in [0.29, 0.717) is 11.3 Å². The lowest BCUT2D eigenvalue weighted by Crippen LogP contribution is -2.05. The minimum Gasteiger partial charge on any atom is -0.384 e. The molecule has 0 bridgehead atoms. The summed E-state index contributed by atoms with van der Waals surface area (Å²) in [5.74, 6) is -0.0560. The highest BCUT2D eigenvalue weighted by molar-refractivity contribution is 5.62. The number of nitrogen functional groups attached to an aromatic ring is 1. The van der Waals surface area contributed by atoms with Gasteiger partial charge < -0.3 is 5.73 Å². The first-order valence-electron chi connectivity index (χ1n) is 5.61. The first kappa shape index (κ1) is 12.2. The summed E-state index contributed by atoms with van der Waals surface area (Å²) in [7, 11) is 0. The van der Waals surface area contributed by atoms with Gasteiger partial charge in [0.15, 0.2) is 0 Å². The first-order valence-corrected chi connectivity index (χ1v) is 5.61. The number of rotatable bonds is 1. The van der Waals surface area contributed by atoms with Crippen molar-refractivity contribution in [1.82, 2.24) is 4.57 Å². The molecule has 0 aliphatic carbocycles. The third kappa shape index (κ3) is 1.65. The van der Waals surface area contributed by atoms with E-state index in [4.69, 9.17) is 11.0 Å². The van der Waals surface area contributed by atoms with E-state index in [1.807, 2.05) is 26.8 Å². The predicted molar refractivity (Wildman–Crippen MR) is 69.1 cm³/mol. The van der Waals surface area contributed by atoms with Crippen molar-refractivity contribution in [2.45, 2.75) is 20.8 Å². The summed E-state index contributed by atoms with van der Waals surface area (Å²) in [5.41, 5.74) is 9.13. The summed E-state index contributed by atoms with van der Waals surface area (Å²) in [5, 5.41) is 9.06. The van der Waals surface area contributed by atoms with E-state index in [1.165, 1.54) is 6.07 Å². The number of anilines is 1. The van der Waals surface area contributed by atoms with Gasteiger partial charge in [0.2, 0.25) is 0 Å². The van der Waals surface area contributed by atoms with E-state index in [-0.39, 0.29) is 11.6 Å². The van der Waals surface area contributed by atoms with Crippen LogP contribution in [0.3, 0.4) is 0 Å². The fourth-order valence-corrected chi connectivity index (χ4v) is 2.08. The summed E-state index contributed by atoms with van der Waals surface area (Å²) < 4.78 is 15.6. The zero-order valence-electron chi connectivity index (χ0n) is 10.6. The molecule has 0 saturated heterocycles. The third-order valence-corrected chi connectivity index (χ3v) is 3.21. The number of nitriles is 1. The minimum absolute atomic E-state index is 0.287. The summed E-state index contributed by atoms with van der Waals surface area (Å²) in [6.07, 6.45) is 0. The zero-order valence-corrected chi connectivity index (χ0v) is 10.6. The van der Waals surface area contributed by atoms with Crippen molar-refractivity contribution in [2.75, 3.05) is 5.73 Å². The van der Waals surface area contributed by atoms with Gasteiger partial charge in [0.05, 0.1) is 11.3 Å². The molecule has 2 aromatic rings. The van der Waals surface area contributed by atoms with E-state index in [2.05, 4.69) is 6.07 Å². The minimum atomic E-state index is -0.343. The number of halogens is 1. The summed E-state index contributed by atoms with van der Waals surface area (Å²) in [6.45, 7) is 5.46. The normalized spacial score (nSPS) is 10.4. The molecule has 0 fully saturated rings. The van der Waals surface area contributed by atoms with Crippen LogP contribution in [0.2, 0.25) is 0 Å². The van der Waals surface area contributed by atoms with Crippen LogP contribution in [0.25, 0.3) is 5.69 Å². The van der Waals surface area contributed by atoms with Crippen LogP contribution >= 0.6 is 0 Å². The second-order valence-corrected chi connectivity index (χ2v) is 4.37. The van der Waals surface area contributed by atoms with Crippen LogP contribution in [0.4, 0.5) is 10.2 Å². The second-order valence-electron chi connectivity index (χ2n) is 4.37. The van der Waals surface area contributed by atoms with Crippen LogP contribution in [0.5, 0.6) is 0 Å². The highest BCUT2D eigenvalue weighted by Gasteiger charge is 2.18. The van der Waals surface area contributed by atoms with Crippen LogP contribution in [-0.2, 0) is 0 Å². The number of hydrogen-bond donors (Lipinski definition) is 1. The SMILES string of the molecule is Cc1ccc(-n2c(C)c(C)c(C#N)c2N)c(F)c1. The maximum absolute atomic E-state index is 14.0. The Hall–Kier alpha value is -2.28. The van der Waals surface area contributed by atoms with Gasteiger partial charge in [-0.05, 0) is 44.0 Å². The smallest absolute Gasteiger partial charge is 0.147 e. The third-order valence-electron chi connectivity index (χ3n) is 3.21. The number of aromatic nitrogens is 1. The van der Waals surface area contributed by atoms with Crippen LogP contribution in [0.15, 0.2) is 18.2 Å². The maximum atomic E-state index is 14.0. The fourth-order valence-electron chi connectivity index (χ4n) is 2.08. The molecule has 92 valence electrons. The van der Waals surface area contributed by atoms with Crippen molar-refractivity contribution in [1.29, 1.82) is 5.26 Å². The van der Waals surface area contributed by atoms with Crippen LogP contribution < -0.4 is 5.73 Å². The van der Waals surface area contributed by atoms with Crippen molar-refractivity contribution < 1.29 is 4.39 Å². The van der Waals surface area contributed by atoms with E-state index in [9.17, 15) is 4.39 Å². The number of hydrogen-bond acceptors (Lipinski definition) is 2. The quantitative estimate of drug-likeness (QED) is 0.837. The van der Waals surface area contributed by atoms with Gasteiger partial charge in [-0.1, -0.05) is 6.07 Å². The number of benzene rings is 1. The van der Waals surface area contributed by atoms with Crippen LogP contribution in [-0.4, -0.2) is 4.57 Å². The molecule has 0 radical (unpaired) electrons. The Labute approximate surface area is 105 Å². The molecular weight excluding hydrogens is 229 g/mol. The highest BCUT2D eigenvalue weighted by Crippen LogP contribution is 2.28. The molecule has 1 aromatic carbocycles. The van der Waals surface area contributed by atoms with Crippen molar-refractivity contribution in [3.05, 3.63) is 46.4 Å². The molecule has 0 saturated carbocycles. The van der Waals surface area contributed by atoms with E-state index < -0.39 is 0 Å². The number of nitrogens with two attached hydrogens (primary N) is 1. The Bertz CT molecular complexity index is 663. The van der Waals surface area contributed by atoms with Crippen molar-refractivity contribution in [3.8, 4) is 11.8 Å². The van der Waals surface area contributed by atoms with Crippen molar-refractivity contribution in [2.24, 2.45) is 0 Å². The lowest BCUT2D eigenvalue weighted by molar-refractivity contribution is 0.616. The predicted octanol–water partition coefficient (Wildman–Crippen LogP) is 3.00. The Kier molecular flexibility index (Phi) is 2.84. The Morgan fingerprint density at radius 3 is 2.44 bits per heavy atom. The topological polar surface area (TPSA) is 54.7 Å². The summed E-state index contributed by atoms with van der Waals surface area (Å²) in [4.78, 5) is 0. The van der Waals surface area contributed by atoms with Crippen LogP contribution in [0, 0.1) is 37.9 Å². The molecule has 2 rings (SSSR count). The zero-order chi connectivity index (χ0) is 13.4. The molecule has 2 N–H and O–H groups in total. The second kappa shape index (κ2) is 4.19. The molecule has 0 amide bonds. The lowest BCUT2D eigenvalue weighted by Gasteiger charge is -2.10. The molecule has 0 aliphatic heterocycles. The van der Waals surface area contributed by atoms with E-state index >= 15 is 0 Å². The van der Waals surface area contributed by atoms with Gasteiger partial charge in [-0.25, -0.2) is 4.39 Å². The summed E-state index contributed by atoms with van der Waals surface area (Å²) in [6, 6.07) is 7.00. The largest absolute Gasteiger partial charge is 0.384 e. The summed E-state index contributed by atoms with van der Waals surface area (Å²) >= 11 is 0. The average molecular weight is 243 g/mol. The van der Waals surface area contributed by atoms with Gasteiger partial charge in [-0.3, -0.25) is 4.57 Å². The first-order chi connectivity index (χ1) is 8.47. The van der Waals surface area contributed by atoms with Gasteiger partial charge in [0.1, 0.15) is 17.7 Å². The molecule has 0 unspecified atom stereocenters. The van der Waals surface area contributed by atoms with Crippen LogP contribution in [0.1, 0.15) is 22.4 Å². The number of aryl methyl sites for hydroxylation is 1. The highest BCUT2D eigenvalue weighted by atomic mass is 19.1. The molecule has 0 atom stereocenters. The van der Waals surface area contributed by atoms with Gasteiger partial charge >= 0.3 is 0 Å². The Morgan fingerprint density at radius 1 is 1.28 bits per heavy atom. The molecular formula is C14H14FN3.